The Balaban J connectivity index is 1.60. The average Bonchev–Trinajstić information content (AvgIpc) is 3.15. The van der Waals surface area contributed by atoms with Crippen LogP contribution in [0.25, 0.3) is 10.9 Å². The lowest BCUT2D eigenvalue weighted by atomic mass is 10.2. The summed E-state index contributed by atoms with van der Waals surface area (Å²) in [5.41, 5.74) is 3.55. The van der Waals surface area contributed by atoms with Crippen LogP contribution in [0.3, 0.4) is 0 Å². The topological polar surface area (TPSA) is 78.9 Å². The molecule has 3 N–H and O–H groups in total. The van der Waals surface area contributed by atoms with Crippen LogP contribution >= 0.6 is 15.9 Å². The Bertz CT molecular complexity index is 1030. The summed E-state index contributed by atoms with van der Waals surface area (Å²) < 4.78 is 0.980. The number of hydrogen-bond acceptors (Lipinski definition) is 5. The molecule has 1 aliphatic heterocycles. The zero-order chi connectivity index (χ0) is 18.6. The molecule has 1 aliphatic rings. The summed E-state index contributed by atoms with van der Waals surface area (Å²) in [6.45, 7) is 1.71. The third kappa shape index (κ3) is 4.32. The second kappa shape index (κ2) is 7.85. The fourth-order valence-electron chi connectivity index (χ4n) is 3.01. The van der Waals surface area contributed by atoms with Crippen LogP contribution in [0.1, 0.15) is 6.42 Å². The molecule has 3 aromatic rings. The highest BCUT2D eigenvalue weighted by molar-refractivity contribution is 9.10. The van der Waals surface area contributed by atoms with Crippen molar-refractivity contribution < 1.29 is 4.79 Å². The van der Waals surface area contributed by atoms with E-state index >= 15 is 0 Å². The fourth-order valence-corrected chi connectivity index (χ4v) is 3.41. The summed E-state index contributed by atoms with van der Waals surface area (Å²) in [7, 11) is 0. The second-order valence-electron chi connectivity index (χ2n) is 6.31. The number of aromatic nitrogens is 2. The van der Waals surface area contributed by atoms with Gasteiger partial charge in [0.25, 0.3) is 0 Å². The van der Waals surface area contributed by atoms with Crippen LogP contribution in [-0.4, -0.2) is 29.0 Å². The number of anilines is 3. The summed E-state index contributed by atoms with van der Waals surface area (Å²) >= 11 is 3.47. The molecule has 0 bridgehead atoms. The van der Waals surface area contributed by atoms with Crippen molar-refractivity contribution in [1.82, 2.24) is 15.3 Å². The predicted octanol–water partition coefficient (Wildman–Crippen LogP) is 3.99. The monoisotopic (exact) mass is 423 g/mol. The summed E-state index contributed by atoms with van der Waals surface area (Å²) in [4.78, 5) is 20.9. The maximum atomic E-state index is 12.3. The Hall–Kier alpha value is -2.77. The Morgan fingerprint density at radius 2 is 2.07 bits per heavy atom. The predicted molar refractivity (Wildman–Crippen MR) is 111 cm³/mol. The minimum atomic E-state index is -0.119. The fraction of sp³-hybridized carbons (Fsp3) is 0.150. The molecule has 0 unspecified atom stereocenters. The van der Waals surface area contributed by atoms with Gasteiger partial charge in [-0.25, -0.2) is 9.97 Å². The first-order chi connectivity index (χ1) is 13.2. The number of rotatable bonds is 4. The van der Waals surface area contributed by atoms with E-state index in [0.717, 1.165) is 46.1 Å². The van der Waals surface area contributed by atoms with Gasteiger partial charge in [0.2, 0.25) is 5.91 Å². The van der Waals surface area contributed by atoms with Gasteiger partial charge in [-0.15, -0.1) is 0 Å². The highest BCUT2D eigenvalue weighted by Gasteiger charge is 2.10. The van der Waals surface area contributed by atoms with Gasteiger partial charge >= 0.3 is 0 Å². The van der Waals surface area contributed by atoms with Crippen molar-refractivity contribution in [1.29, 1.82) is 0 Å². The maximum Gasteiger partial charge on any atom is 0.248 e. The third-order valence-corrected chi connectivity index (χ3v) is 4.79. The van der Waals surface area contributed by atoms with E-state index in [9.17, 15) is 4.79 Å². The number of halogens is 1. The number of carbonyl (C=O) groups is 1. The number of nitrogens with one attached hydrogen (secondary N) is 3. The molecule has 136 valence electrons. The molecule has 1 aromatic heterocycles. The molecule has 1 fully saturated rings. The largest absolute Gasteiger partial charge is 0.340 e. The van der Waals surface area contributed by atoms with Crippen molar-refractivity contribution in [2.75, 3.05) is 23.7 Å². The molecule has 2 aromatic carbocycles. The zero-order valence-electron chi connectivity index (χ0n) is 14.5. The second-order valence-corrected chi connectivity index (χ2v) is 7.22. The quantitative estimate of drug-likeness (QED) is 0.552. The Morgan fingerprint density at radius 3 is 2.89 bits per heavy atom. The van der Waals surface area contributed by atoms with Crippen molar-refractivity contribution in [2.24, 2.45) is 0 Å². The van der Waals surface area contributed by atoms with Crippen molar-refractivity contribution >= 4 is 49.9 Å². The molecule has 0 saturated carbocycles. The zero-order valence-corrected chi connectivity index (χ0v) is 16.1. The first-order valence-corrected chi connectivity index (χ1v) is 9.45. The van der Waals surface area contributed by atoms with Crippen LogP contribution in [0.15, 0.2) is 64.9 Å². The van der Waals surface area contributed by atoms with E-state index in [1.54, 1.807) is 6.08 Å². The number of benzene rings is 2. The first kappa shape index (κ1) is 17.6. The summed E-state index contributed by atoms with van der Waals surface area (Å²) in [5.74, 6) is 0.568. The van der Waals surface area contributed by atoms with Gasteiger partial charge < -0.3 is 16.0 Å². The lowest BCUT2D eigenvalue weighted by molar-refractivity contribution is -0.112. The molecular formula is C20H18BrN5O. The molecule has 2 heterocycles. The van der Waals surface area contributed by atoms with E-state index in [0.29, 0.717) is 11.5 Å². The van der Waals surface area contributed by atoms with Gasteiger partial charge in [0, 0.05) is 33.9 Å². The van der Waals surface area contributed by atoms with Crippen LogP contribution in [0.2, 0.25) is 0 Å². The average molecular weight is 424 g/mol. The molecule has 1 amide bonds. The minimum Gasteiger partial charge on any atom is -0.340 e. The van der Waals surface area contributed by atoms with Crippen molar-refractivity contribution in [3.63, 3.8) is 0 Å². The van der Waals surface area contributed by atoms with Gasteiger partial charge in [0.05, 0.1) is 5.52 Å². The normalized spacial score (nSPS) is 15.2. The number of fused-ring (bicyclic) bond motifs is 1. The molecule has 0 radical (unpaired) electrons. The van der Waals surface area contributed by atoms with Gasteiger partial charge in [-0.05, 0) is 54.9 Å². The van der Waals surface area contributed by atoms with Crippen LogP contribution in [0.4, 0.5) is 17.2 Å². The minimum absolute atomic E-state index is 0.119. The molecule has 27 heavy (non-hydrogen) atoms. The highest BCUT2D eigenvalue weighted by Crippen LogP contribution is 2.27. The van der Waals surface area contributed by atoms with Crippen LogP contribution < -0.4 is 16.0 Å². The number of hydrogen-bond donors (Lipinski definition) is 3. The molecule has 6 nitrogen and oxygen atoms in total. The smallest absolute Gasteiger partial charge is 0.248 e. The molecule has 1 saturated heterocycles. The lowest BCUT2D eigenvalue weighted by Gasteiger charge is -2.10. The standard InChI is InChI=1S/C20H18BrN5O/c21-14-2-1-3-15(9-14)26-20-17-10-16(4-5-18(17)23-12-24-20)25-19(27)8-13-6-7-22-11-13/h1-5,8-10,12,22H,6-7,11H2,(H,25,27)(H,23,24,26)/b13-8+. The molecular weight excluding hydrogens is 406 g/mol. The Morgan fingerprint density at radius 1 is 1.15 bits per heavy atom. The molecule has 0 aliphatic carbocycles. The number of nitrogens with zero attached hydrogens (tertiary/aromatic N) is 2. The summed E-state index contributed by atoms with van der Waals surface area (Å²) in [6, 6.07) is 13.5. The van der Waals surface area contributed by atoms with E-state index in [4.69, 9.17) is 0 Å². The molecule has 7 heteroatoms. The van der Waals surface area contributed by atoms with Crippen LogP contribution in [0.5, 0.6) is 0 Å². The van der Waals surface area contributed by atoms with Crippen molar-refractivity contribution in [3.8, 4) is 0 Å². The highest BCUT2D eigenvalue weighted by atomic mass is 79.9. The van der Waals surface area contributed by atoms with E-state index in [1.165, 1.54) is 6.33 Å². The SMILES string of the molecule is O=C(/C=C1\CCNC1)Nc1ccc2ncnc(Nc3cccc(Br)c3)c2c1. The van der Waals surface area contributed by atoms with E-state index in [2.05, 4.69) is 41.8 Å². The number of carbonyl (C=O) groups excluding carboxylic acids is 1. The van der Waals surface area contributed by atoms with Gasteiger partial charge in [0.15, 0.2) is 0 Å². The summed E-state index contributed by atoms with van der Waals surface area (Å²) in [6.07, 6.45) is 4.12. The Kier molecular flexibility index (Phi) is 5.13. The van der Waals surface area contributed by atoms with Gasteiger partial charge in [-0.3, -0.25) is 4.79 Å². The third-order valence-electron chi connectivity index (χ3n) is 4.30. The molecule has 0 atom stereocenters. The first-order valence-electron chi connectivity index (χ1n) is 8.66. The number of amides is 1. The molecule has 4 rings (SSSR count). The molecule has 0 spiro atoms. The summed E-state index contributed by atoms with van der Waals surface area (Å²) in [5, 5.41) is 10.3. The van der Waals surface area contributed by atoms with Gasteiger partial charge in [-0.1, -0.05) is 22.0 Å². The van der Waals surface area contributed by atoms with Gasteiger partial charge in [-0.2, -0.15) is 0 Å². The van der Waals surface area contributed by atoms with Crippen LogP contribution in [0, 0.1) is 0 Å². The van der Waals surface area contributed by atoms with E-state index in [1.807, 2.05) is 42.5 Å². The van der Waals surface area contributed by atoms with Crippen molar-refractivity contribution in [2.45, 2.75) is 6.42 Å². The van der Waals surface area contributed by atoms with E-state index < -0.39 is 0 Å². The van der Waals surface area contributed by atoms with Gasteiger partial charge in [0.1, 0.15) is 12.1 Å². The van der Waals surface area contributed by atoms with Crippen LogP contribution in [-0.2, 0) is 4.79 Å². The van der Waals surface area contributed by atoms with Crippen molar-refractivity contribution in [3.05, 3.63) is 64.9 Å². The maximum absolute atomic E-state index is 12.3. The Labute approximate surface area is 165 Å². The van der Waals surface area contributed by atoms with E-state index in [-0.39, 0.29) is 5.91 Å². The lowest BCUT2D eigenvalue weighted by Crippen LogP contribution is -2.10.